The second kappa shape index (κ2) is 10.1. The molecule has 3 heterocycles. The van der Waals surface area contributed by atoms with E-state index in [1.807, 2.05) is 26.0 Å². The minimum atomic E-state index is -1.34. The van der Waals surface area contributed by atoms with Crippen LogP contribution in [0, 0.1) is 0 Å². The van der Waals surface area contributed by atoms with Gasteiger partial charge in [-0.15, -0.1) is 21.5 Å². The van der Waals surface area contributed by atoms with Gasteiger partial charge in [-0.05, 0) is 88.1 Å². The number of hydrogen-bond acceptors (Lipinski definition) is 8. The first-order valence-electron chi connectivity index (χ1n) is 13.3. The predicted octanol–water partition coefficient (Wildman–Crippen LogP) is 4.85. The molecule has 208 valence electrons. The number of hydrogen-bond donors (Lipinski definition) is 2. The lowest BCUT2D eigenvalue weighted by Crippen LogP contribution is -2.39. The third kappa shape index (κ3) is 5.74. The molecule has 1 saturated heterocycles. The van der Waals surface area contributed by atoms with E-state index < -0.39 is 11.8 Å². The number of amides is 2. The minimum absolute atomic E-state index is 0.0301. The fourth-order valence-electron chi connectivity index (χ4n) is 4.57. The highest BCUT2D eigenvalue weighted by atomic mass is 32.1. The lowest BCUT2D eigenvalue weighted by Gasteiger charge is -2.28. The minimum Gasteiger partial charge on any atom is -0.415 e. The Kier molecular flexibility index (Phi) is 7.09. The van der Waals surface area contributed by atoms with Crippen molar-refractivity contribution in [3.63, 3.8) is 0 Å². The van der Waals surface area contributed by atoms with Gasteiger partial charge in [0.05, 0.1) is 4.88 Å². The van der Waals surface area contributed by atoms with Crippen LogP contribution in [0.3, 0.4) is 0 Å². The molecular weight excluding hydrogens is 521 g/mol. The van der Waals surface area contributed by atoms with Gasteiger partial charge in [0.25, 0.3) is 17.7 Å². The summed E-state index contributed by atoms with van der Waals surface area (Å²) in [7, 11) is 0. The number of likely N-dealkylation sites (tertiary alicyclic amines) is 1. The van der Waals surface area contributed by atoms with Crippen molar-refractivity contribution >= 4 is 23.2 Å². The Morgan fingerprint density at radius 1 is 1.21 bits per heavy atom. The van der Waals surface area contributed by atoms with Crippen LogP contribution in [0.1, 0.15) is 92.6 Å². The number of benzene rings is 1. The Labute approximate surface area is 230 Å². The highest BCUT2D eigenvalue weighted by Gasteiger charge is 2.40. The molecule has 5 rings (SSSR count). The Hall–Kier alpha value is -3.18. The maximum absolute atomic E-state index is 13.8. The average Bonchev–Trinajstić information content (AvgIpc) is 3.27. The van der Waals surface area contributed by atoms with Gasteiger partial charge in [0.2, 0.25) is 5.89 Å². The van der Waals surface area contributed by atoms with E-state index in [4.69, 9.17) is 4.42 Å². The van der Waals surface area contributed by atoms with Crippen molar-refractivity contribution in [3.05, 3.63) is 40.9 Å². The summed E-state index contributed by atoms with van der Waals surface area (Å²) >= 11 is 1.21. The summed E-state index contributed by atoms with van der Waals surface area (Å²) in [4.78, 5) is 33.6. The summed E-state index contributed by atoms with van der Waals surface area (Å²) in [6.07, 6.45) is 1.67. The van der Waals surface area contributed by atoms with E-state index in [0.717, 1.165) is 18.4 Å². The molecule has 9 nitrogen and oxygen atoms in total. The van der Waals surface area contributed by atoms with Crippen molar-refractivity contribution < 1.29 is 23.5 Å². The molecular formula is C28H34FN5O4S. The quantitative estimate of drug-likeness (QED) is 0.427. The van der Waals surface area contributed by atoms with Crippen LogP contribution in [0.4, 0.5) is 4.39 Å². The van der Waals surface area contributed by atoms with E-state index in [9.17, 15) is 19.1 Å². The Balaban J connectivity index is 1.62. The molecule has 0 bridgehead atoms. The number of piperidine rings is 1. The second-order valence-corrected chi connectivity index (χ2v) is 12.6. The number of alkyl halides is 1. The number of aromatic nitrogens is 3. The SMILES string of the molecule is CC(C)NC(=O)c1cc(-c2sc(-c3nnc(C(C)(C)O)o3)nc2C(=O)N2CCC(F)CC2)cc(C2(C)CC2)c1. The zero-order valence-electron chi connectivity index (χ0n) is 22.9. The van der Waals surface area contributed by atoms with Crippen molar-refractivity contribution in [3.8, 4) is 21.3 Å². The number of halogens is 1. The van der Waals surface area contributed by atoms with E-state index in [0.29, 0.717) is 34.1 Å². The van der Waals surface area contributed by atoms with Crippen molar-refractivity contribution in [1.82, 2.24) is 25.4 Å². The van der Waals surface area contributed by atoms with Crippen molar-refractivity contribution in [2.45, 2.75) is 83.5 Å². The summed E-state index contributed by atoms with van der Waals surface area (Å²) in [5, 5.41) is 21.6. The zero-order chi connectivity index (χ0) is 28.1. The van der Waals surface area contributed by atoms with Gasteiger partial charge in [0.15, 0.2) is 5.01 Å². The highest BCUT2D eigenvalue weighted by molar-refractivity contribution is 7.18. The Morgan fingerprint density at radius 2 is 1.90 bits per heavy atom. The summed E-state index contributed by atoms with van der Waals surface area (Å²) in [6, 6.07) is 5.70. The first-order valence-corrected chi connectivity index (χ1v) is 14.1. The molecule has 1 aromatic carbocycles. The average molecular weight is 556 g/mol. The molecule has 11 heteroatoms. The monoisotopic (exact) mass is 555 g/mol. The molecule has 2 fully saturated rings. The first kappa shape index (κ1) is 27.4. The summed E-state index contributed by atoms with van der Waals surface area (Å²) in [5.74, 6) is -0.379. The van der Waals surface area contributed by atoms with Crippen molar-refractivity contribution in [2.24, 2.45) is 0 Å². The Morgan fingerprint density at radius 3 is 2.49 bits per heavy atom. The summed E-state index contributed by atoms with van der Waals surface area (Å²) in [5.41, 5.74) is 1.07. The number of rotatable bonds is 7. The van der Waals surface area contributed by atoms with Crippen LogP contribution in [0.25, 0.3) is 21.3 Å². The van der Waals surface area contributed by atoms with Gasteiger partial charge in [-0.2, -0.15) is 0 Å². The van der Waals surface area contributed by atoms with E-state index >= 15 is 0 Å². The molecule has 2 N–H and O–H groups in total. The van der Waals surface area contributed by atoms with Gasteiger partial charge in [0, 0.05) is 24.7 Å². The van der Waals surface area contributed by atoms with E-state index in [2.05, 4.69) is 27.4 Å². The second-order valence-electron chi connectivity index (χ2n) is 11.6. The number of nitrogens with zero attached hydrogens (tertiary/aromatic N) is 4. The molecule has 0 atom stereocenters. The third-order valence-electron chi connectivity index (χ3n) is 7.25. The Bertz CT molecular complexity index is 1400. The predicted molar refractivity (Wildman–Crippen MR) is 145 cm³/mol. The summed E-state index contributed by atoms with van der Waals surface area (Å²) < 4.78 is 19.5. The van der Waals surface area contributed by atoms with E-state index in [-0.39, 0.29) is 53.6 Å². The van der Waals surface area contributed by atoms with Gasteiger partial charge in [-0.25, -0.2) is 9.37 Å². The van der Waals surface area contributed by atoms with Crippen LogP contribution in [0.15, 0.2) is 22.6 Å². The number of nitrogens with one attached hydrogen (secondary N) is 1. The largest absolute Gasteiger partial charge is 0.415 e. The summed E-state index contributed by atoms with van der Waals surface area (Å²) in [6.45, 7) is 9.65. The zero-order valence-corrected chi connectivity index (χ0v) is 23.7. The lowest BCUT2D eigenvalue weighted by atomic mass is 9.93. The van der Waals surface area contributed by atoms with Gasteiger partial charge in [-0.1, -0.05) is 6.92 Å². The van der Waals surface area contributed by atoms with Crippen molar-refractivity contribution in [2.75, 3.05) is 13.1 Å². The van der Waals surface area contributed by atoms with E-state index in [1.54, 1.807) is 11.0 Å². The van der Waals surface area contributed by atoms with Crippen LogP contribution in [0.5, 0.6) is 0 Å². The third-order valence-corrected chi connectivity index (χ3v) is 8.34. The molecule has 0 unspecified atom stereocenters. The van der Waals surface area contributed by atoms with Gasteiger partial charge in [-0.3, -0.25) is 9.59 Å². The molecule has 3 aromatic rings. The van der Waals surface area contributed by atoms with Gasteiger partial charge < -0.3 is 19.7 Å². The van der Waals surface area contributed by atoms with Crippen LogP contribution in [-0.2, 0) is 11.0 Å². The number of carbonyl (C=O) groups is 2. The van der Waals surface area contributed by atoms with Crippen LogP contribution < -0.4 is 5.32 Å². The standard InChI is InChI=1S/C28H34FN5O4S/c1-15(2)30-22(35)17-12-16(13-18(14-17)28(5)8-9-28)21-20(25(36)34-10-6-19(29)7-11-34)31-24(39-21)23-32-33-26(38-23)27(3,4)37/h12-15,19,37H,6-11H2,1-5H3,(H,30,35). The van der Waals surface area contributed by atoms with Crippen LogP contribution >= 0.6 is 11.3 Å². The molecule has 2 aromatic heterocycles. The fourth-order valence-corrected chi connectivity index (χ4v) is 5.54. The first-order chi connectivity index (χ1) is 18.3. The molecule has 0 spiro atoms. The fraction of sp³-hybridized carbons (Fsp3) is 0.536. The smallest absolute Gasteiger partial charge is 0.276 e. The highest BCUT2D eigenvalue weighted by Crippen LogP contribution is 2.49. The number of thiazole rings is 1. The molecule has 0 radical (unpaired) electrons. The topological polar surface area (TPSA) is 121 Å². The molecule has 1 aliphatic heterocycles. The maximum atomic E-state index is 13.8. The molecule has 2 aliphatic rings. The number of aliphatic hydroxyl groups is 1. The van der Waals surface area contributed by atoms with Gasteiger partial charge in [0.1, 0.15) is 17.5 Å². The lowest BCUT2D eigenvalue weighted by molar-refractivity contribution is 0.0487. The maximum Gasteiger partial charge on any atom is 0.276 e. The molecule has 1 saturated carbocycles. The molecule has 39 heavy (non-hydrogen) atoms. The molecule has 1 aliphatic carbocycles. The molecule has 2 amide bonds. The van der Waals surface area contributed by atoms with E-state index in [1.165, 1.54) is 25.2 Å². The van der Waals surface area contributed by atoms with Crippen LogP contribution in [0.2, 0.25) is 0 Å². The van der Waals surface area contributed by atoms with Crippen LogP contribution in [-0.4, -0.2) is 62.3 Å². The number of carbonyl (C=O) groups excluding carboxylic acids is 2. The van der Waals surface area contributed by atoms with Gasteiger partial charge >= 0.3 is 0 Å². The van der Waals surface area contributed by atoms with Crippen molar-refractivity contribution in [1.29, 1.82) is 0 Å². The normalized spacial score (nSPS) is 17.5.